The molecule has 0 amide bonds. The van der Waals surface area contributed by atoms with Crippen LogP contribution in [0.3, 0.4) is 0 Å². The zero-order valence-corrected chi connectivity index (χ0v) is 16.9. The molecule has 0 saturated heterocycles. The van der Waals surface area contributed by atoms with E-state index < -0.39 is 11.9 Å². The van der Waals surface area contributed by atoms with E-state index in [0.29, 0.717) is 9.35 Å². The van der Waals surface area contributed by atoms with Gasteiger partial charge in [-0.25, -0.2) is 9.59 Å². The van der Waals surface area contributed by atoms with Crippen molar-refractivity contribution in [2.45, 2.75) is 20.8 Å². The van der Waals surface area contributed by atoms with Gasteiger partial charge in [-0.3, -0.25) is 0 Å². The van der Waals surface area contributed by atoms with Gasteiger partial charge >= 0.3 is 11.9 Å². The molecule has 0 aliphatic heterocycles. The van der Waals surface area contributed by atoms with Gasteiger partial charge in [-0.1, -0.05) is 18.2 Å². The molecule has 1 heterocycles. The Labute approximate surface area is 159 Å². The van der Waals surface area contributed by atoms with Crippen molar-refractivity contribution in [3.05, 3.63) is 38.7 Å². The summed E-state index contributed by atoms with van der Waals surface area (Å²) in [6, 6.07) is 6.05. The van der Waals surface area contributed by atoms with Crippen molar-refractivity contribution in [2.75, 3.05) is 20.3 Å². The average molecular weight is 427 g/mol. The number of hydrogen-bond acceptors (Lipinski definition) is 6. The first-order valence-corrected chi connectivity index (χ1v) is 9.26. The summed E-state index contributed by atoms with van der Waals surface area (Å²) < 4.78 is 15.9. The van der Waals surface area contributed by atoms with Gasteiger partial charge < -0.3 is 14.2 Å². The van der Waals surface area contributed by atoms with Gasteiger partial charge in [-0.15, -0.1) is 11.3 Å². The molecule has 0 aliphatic rings. The van der Waals surface area contributed by atoms with Gasteiger partial charge in [-0.05, 0) is 53.4 Å². The fourth-order valence-corrected chi connectivity index (χ4v) is 4.12. The number of carbonyl (C=O) groups is 2. The Hall–Kier alpha value is -1.86. The van der Waals surface area contributed by atoms with Crippen LogP contribution in [-0.4, -0.2) is 32.3 Å². The lowest BCUT2D eigenvalue weighted by Crippen LogP contribution is -2.15. The molecule has 7 heteroatoms. The average Bonchev–Trinajstić information content (AvgIpc) is 2.92. The second-order valence-corrected chi connectivity index (χ2v) is 7.10. The molecule has 0 radical (unpaired) electrons. The van der Waals surface area contributed by atoms with Crippen molar-refractivity contribution in [3.63, 3.8) is 0 Å². The summed E-state index contributed by atoms with van der Waals surface area (Å²) in [5.74, 6) is -0.720. The van der Waals surface area contributed by atoms with Crippen LogP contribution in [0, 0.1) is 13.8 Å². The molecular formula is C18H19BrO5S. The van der Waals surface area contributed by atoms with Gasteiger partial charge in [0.05, 0.1) is 23.1 Å². The Morgan fingerprint density at radius 1 is 1.20 bits per heavy atom. The van der Waals surface area contributed by atoms with Crippen LogP contribution in [0.5, 0.6) is 5.75 Å². The van der Waals surface area contributed by atoms with Gasteiger partial charge in [0, 0.05) is 0 Å². The van der Waals surface area contributed by atoms with Crippen molar-refractivity contribution in [1.29, 1.82) is 0 Å². The predicted molar refractivity (Wildman–Crippen MR) is 100 cm³/mol. The molecular weight excluding hydrogens is 408 g/mol. The number of thiophene rings is 1. The molecule has 0 fully saturated rings. The molecule has 0 N–H and O–H groups in total. The number of esters is 2. The van der Waals surface area contributed by atoms with Crippen LogP contribution in [0.1, 0.15) is 27.7 Å². The first kappa shape index (κ1) is 19.5. The predicted octanol–water partition coefficient (Wildman–Crippen LogP) is 4.52. The standard InChI is InChI=1S/C18H19BrO5S/c1-5-23-13(20)9-24-15-14(19)16(25-17(15)18(21)22-4)12-7-6-10(2)11(3)8-12/h6-8H,5,9H2,1-4H3. The molecule has 5 nitrogen and oxygen atoms in total. The molecule has 2 aromatic rings. The van der Waals surface area contributed by atoms with Crippen LogP contribution in [-0.2, 0) is 14.3 Å². The van der Waals surface area contributed by atoms with Gasteiger partial charge in [0.15, 0.2) is 17.2 Å². The van der Waals surface area contributed by atoms with E-state index >= 15 is 0 Å². The monoisotopic (exact) mass is 426 g/mol. The first-order chi connectivity index (χ1) is 11.9. The molecule has 0 unspecified atom stereocenters. The lowest BCUT2D eigenvalue weighted by molar-refractivity contribution is -0.145. The fourth-order valence-electron chi connectivity index (χ4n) is 2.15. The molecule has 1 aromatic carbocycles. The van der Waals surface area contributed by atoms with E-state index in [1.54, 1.807) is 6.92 Å². The van der Waals surface area contributed by atoms with Gasteiger partial charge in [0.2, 0.25) is 0 Å². The van der Waals surface area contributed by atoms with E-state index in [2.05, 4.69) is 15.9 Å². The highest BCUT2D eigenvalue weighted by Crippen LogP contribution is 2.46. The minimum Gasteiger partial charge on any atom is -0.479 e. The third-order valence-electron chi connectivity index (χ3n) is 3.59. The minimum atomic E-state index is -0.514. The highest BCUT2D eigenvalue weighted by atomic mass is 79.9. The van der Waals surface area contributed by atoms with Crippen LogP contribution < -0.4 is 4.74 Å². The van der Waals surface area contributed by atoms with Crippen molar-refractivity contribution in [3.8, 4) is 16.2 Å². The molecule has 25 heavy (non-hydrogen) atoms. The minimum absolute atomic E-state index is 0.269. The highest BCUT2D eigenvalue weighted by molar-refractivity contribution is 9.10. The Morgan fingerprint density at radius 2 is 1.92 bits per heavy atom. The quantitative estimate of drug-likeness (QED) is 0.635. The summed E-state index contributed by atoms with van der Waals surface area (Å²) in [5.41, 5.74) is 3.28. The number of carbonyl (C=O) groups excluding carboxylic acids is 2. The van der Waals surface area contributed by atoms with Crippen LogP contribution in [0.4, 0.5) is 0 Å². The topological polar surface area (TPSA) is 61.8 Å². The summed E-state index contributed by atoms with van der Waals surface area (Å²) in [4.78, 5) is 24.8. The normalized spacial score (nSPS) is 10.4. The van der Waals surface area contributed by atoms with E-state index in [1.165, 1.54) is 24.0 Å². The number of halogens is 1. The summed E-state index contributed by atoms with van der Waals surface area (Å²) in [6.45, 7) is 5.77. The third kappa shape index (κ3) is 4.41. The molecule has 0 atom stereocenters. The molecule has 2 rings (SSSR count). The van der Waals surface area contributed by atoms with Gasteiger partial charge in [0.1, 0.15) is 0 Å². The Morgan fingerprint density at radius 3 is 2.52 bits per heavy atom. The lowest BCUT2D eigenvalue weighted by Gasteiger charge is -2.07. The van der Waals surface area contributed by atoms with Crippen LogP contribution in [0.15, 0.2) is 22.7 Å². The van der Waals surface area contributed by atoms with Gasteiger partial charge in [0.25, 0.3) is 0 Å². The maximum atomic E-state index is 12.1. The zero-order valence-electron chi connectivity index (χ0n) is 14.5. The summed E-state index contributed by atoms with van der Waals surface area (Å²) >= 11 is 4.75. The Kier molecular flexibility index (Phi) is 6.61. The van der Waals surface area contributed by atoms with Crippen molar-refractivity contribution >= 4 is 39.2 Å². The summed E-state index contributed by atoms with van der Waals surface area (Å²) in [6.07, 6.45) is 0. The Balaban J connectivity index is 2.43. The van der Waals surface area contributed by atoms with Crippen molar-refractivity contribution in [2.24, 2.45) is 0 Å². The maximum Gasteiger partial charge on any atom is 0.351 e. The highest BCUT2D eigenvalue weighted by Gasteiger charge is 2.25. The molecule has 1 aromatic heterocycles. The lowest BCUT2D eigenvalue weighted by atomic mass is 10.1. The number of aryl methyl sites for hydroxylation is 2. The largest absolute Gasteiger partial charge is 0.479 e. The number of rotatable bonds is 6. The smallest absolute Gasteiger partial charge is 0.351 e. The first-order valence-electron chi connectivity index (χ1n) is 7.65. The number of ether oxygens (including phenoxy) is 3. The van der Waals surface area contributed by atoms with Crippen LogP contribution in [0.25, 0.3) is 10.4 Å². The molecule has 0 spiro atoms. The molecule has 0 saturated carbocycles. The zero-order chi connectivity index (χ0) is 18.6. The fraction of sp³-hybridized carbons (Fsp3) is 0.333. The van der Waals surface area contributed by atoms with Crippen LogP contribution in [0.2, 0.25) is 0 Å². The number of benzene rings is 1. The maximum absolute atomic E-state index is 12.1. The SMILES string of the molecule is CCOC(=O)COc1c(C(=O)OC)sc(-c2ccc(C)c(C)c2)c1Br. The molecule has 0 bridgehead atoms. The van der Waals surface area contributed by atoms with E-state index in [1.807, 2.05) is 32.0 Å². The summed E-state index contributed by atoms with van der Waals surface area (Å²) in [5, 5.41) is 0. The van der Waals surface area contributed by atoms with E-state index in [9.17, 15) is 9.59 Å². The van der Waals surface area contributed by atoms with E-state index in [-0.39, 0.29) is 19.0 Å². The molecule has 134 valence electrons. The second-order valence-electron chi connectivity index (χ2n) is 5.29. The second kappa shape index (κ2) is 8.49. The number of methoxy groups -OCH3 is 1. The van der Waals surface area contributed by atoms with Crippen LogP contribution >= 0.6 is 27.3 Å². The number of hydrogen-bond donors (Lipinski definition) is 0. The molecule has 0 aliphatic carbocycles. The Bertz CT molecular complexity index is 797. The third-order valence-corrected chi connectivity index (χ3v) is 5.81. The van der Waals surface area contributed by atoms with Crippen molar-refractivity contribution < 1.29 is 23.8 Å². The van der Waals surface area contributed by atoms with Gasteiger partial charge in [-0.2, -0.15) is 0 Å². The van der Waals surface area contributed by atoms with E-state index in [4.69, 9.17) is 14.2 Å². The van der Waals surface area contributed by atoms with Crippen molar-refractivity contribution in [1.82, 2.24) is 0 Å². The summed E-state index contributed by atoms with van der Waals surface area (Å²) in [7, 11) is 1.31. The van der Waals surface area contributed by atoms with E-state index in [0.717, 1.165) is 16.0 Å².